The molecule has 0 atom stereocenters. The topological polar surface area (TPSA) is 72.4 Å². The van der Waals surface area contributed by atoms with Crippen LogP contribution in [0.2, 0.25) is 0 Å². The van der Waals surface area contributed by atoms with Gasteiger partial charge in [-0.15, -0.1) is 0 Å². The van der Waals surface area contributed by atoms with Crippen LogP contribution in [0.1, 0.15) is 31.4 Å². The first-order valence-electron chi connectivity index (χ1n) is 10.2. The fraction of sp³-hybridized carbons (Fsp3) is 0.364. The lowest BCUT2D eigenvalue weighted by atomic mass is 9.68. The van der Waals surface area contributed by atoms with Gasteiger partial charge in [-0.25, -0.2) is 14.5 Å². The molecule has 0 radical (unpaired) electrons. The fourth-order valence-electron chi connectivity index (χ4n) is 4.69. The molecule has 2 fully saturated rings. The number of fused-ring (bicyclic) bond motifs is 1. The maximum atomic E-state index is 5.20. The molecule has 1 spiro atoms. The molecular weight excluding hydrogens is 364 g/mol. The summed E-state index contributed by atoms with van der Waals surface area (Å²) in [6.45, 7) is 4.11. The first-order valence-corrected chi connectivity index (χ1v) is 10.2. The molecule has 29 heavy (non-hydrogen) atoms. The van der Waals surface area contributed by atoms with Gasteiger partial charge in [-0.1, -0.05) is 17.6 Å². The van der Waals surface area contributed by atoms with Crippen LogP contribution in [-0.2, 0) is 0 Å². The molecule has 0 unspecified atom stereocenters. The minimum Gasteiger partial charge on any atom is -0.361 e. The largest absolute Gasteiger partial charge is 0.361 e. The molecule has 0 aromatic carbocycles. The second kappa shape index (κ2) is 6.14. The predicted molar refractivity (Wildman–Crippen MR) is 110 cm³/mol. The Kier molecular flexibility index (Phi) is 3.54. The number of nitrogens with zero attached hydrogens (tertiary/aromatic N) is 6. The van der Waals surface area contributed by atoms with E-state index in [1.54, 1.807) is 6.20 Å². The van der Waals surface area contributed by atoms with Gasteiger partial charge in [-0.2, -0.15) is 5.10 Å². The number of hydrogen-bond acceptors (Lipinski definition) is 6. The van der Waals surface area contributed by atoms with Crippen molar-refractivity contribution >= 4 is 11.5 Å². The lowest BCUT2D eigenvalue weighted by Gasteiger charge is -2.38. The van der Waals surface area contributed by atoms with Crippen molar-refractivity contribution in [3.63, 3.8) is 0 Å². The van der Waals surface area contributed by atoms with E-state index in [-0.39, 0.29) is 0 Å². The van der Waals surface area contributed by atoms with E-state index >= 15 is 0 Å². The van der Waals surface area contributed by atoms with Crippen molar-refractivity contribution < 1.29 is 4.52 Å². The van der Waals surface area contributed by atoms with Gasteiger partial charge in [0, 0.05) is 13.1 Å². The molecule has 2 aliphatic rings. The standard InChI is InChI=1S/C22H22N6O/c1-15-16(12-24-29-15)17-6-7-20-23-13-19(28(20)26-17)18-4-2-5-21(25-18)27-11-10-22(14-27)8-3-9-22/h2,4-7,12-13H,3,8-11,14H2,1H3. The van der Waals surface area contributed by atoms with Crippen LogP contribution in [-0.4, -0.2) is 37.8 Å². The van der Waals surface area contributed by atoms with Crippen LogP contribution in [0.3, 0.4) is 0 Å². The highest BCUT2D eigenvalue weighted by molar-refractivity contribution is 5.65. The SMILES string of the molecule is Cc1oncc1-c1ccc2ncc(-c3cccc(N4CCC5(CCC5)C4)n3)n2n1. The number of hydrogen-bond donors (Lipinski definition) is 0. The van der Waals surface area contributed by atoms with Crippen molar-refractivity contribution in [3.8, 4) is 22.6 Å². The van der Waals surface area contributed by atoms with Gasteiger partial charge < -0.3 is 9.42 Å². The zero-order valence-electron chi connectivity index (χ0n) is 16.4. The van der Waals surface area contributed by atoms with Gasteiger partial charge in [0.05, 0.1) is 29.3 Å². The summed E-state index contributed by atoms with van der Waals surface area (Å²) < 4.78 is 7.05. The number of aryl methyl sites for hydroxylation is 1. The summed E-state index contributed by atoms with van der Waals surface area (Å²) in [7, 11) is 0. The fourth-order valence-corrected chi connectivity index (χ4v) is 4.69. The highest BCUT2D eigenvalue weighted by atomic mass is 16.5. The van der Waals surface area contributed by atoms with Crippen LogP contribution in [0.5, 0.6) is 0 Å². The van der Waals surface area contributed by atoms with Crippen LogP contribution < -0.4 is 4.90 Å². The van der Waals surface area contributed by atoms with Gasteiger partial charge in [0.1, 0.15) is 17.3 Å². The molecule has 5 heterocycles. The summed E-state index contributed by atoms with van der Waals surface area (Å²) in [5.41, 5.74) is 4.80. The van der Waals surface area contributed by atoms with E-state index in [1.807, 2.05) is 35.8 Å². The molecule has 1 aliphatic carbocycles. The maximum Gasteiger partial charge on any atom is 0.154 e. The third-order valence-corrected chi connectivity index (χ3v) is 6.56. The number of aromatic nitrogens is 5. The van der Waals surface area contributed by atoms with E-state index in [1.165, 1.54) is 25.7 Å². The Balaban J connectivity index is 1.38. The average Bonchev–Trinajstić information content (AvgIpc) is 3.45. The van der Waals surface area contributed by atoms with Crippen molar-refractivity contribution in [2.75, 3.05) is 18.0 Å². The molecule has 1 saturated carbocycles. The Morgan fingerprint density at radius 3 is 2.72 bits per heavy atom. The normalized spacial score (nSPS) is 17.9. The van der Waals surface area contributed by atoms with Gasteiger partial charge in [0.15, 0.2) is 5.65 Å². The quantitative estimate of drug-likeness (QED) is 0.527. The van der Waals surface area contributed by atoms with Crippen LogP contribution in [0, 0.1) is 12.3 Å². The molecule has 146 valence electrons. The Bertz CT molecular complexity index is 1200. The molecule has 0 bridgehead atoms. The molecule has 0 N–H and O–H groups in total. The van der Waals surface area contributed by atoms with Crippen LogP contribution >= 0.6 is 0 Å². The summed E-state index contributed by atoms with van der Waals surface area (Å²) in [6, 6.07) is 10.1. The summed E-state index contributed by atoms with van der Waals surface area (Å²) in [5.74, 6) is 1.80. The summed E-state index contributed by atoms with van der Waals surface area (Å²) in [5, 5.41) is 8.66. The van der Waals surface area contributed by atoms with Crippen molar-refractivity contribution in [2.24, 2.45) is 5.41 Å². The first-order chi connectivity index (χ1) is 14.2. The lowest BCUT2D eigenvalue weighted by molar-refractivity contribution is 0.165. The van der Waals surface area contributed by atoms with Gasteiger partial charge in [0.2, 0.25) is 0 Å². The molecular formula is C22H22N6O. The van der Waals surface area contributed by atoms with E-state index in [9.17, 15) is 0 Å². The highest BCUT2D eigenvalue weighted by Crippen LogP contribution is 2.48. The number of anilines is 1. The molecule has 7 heteroatoms. The summed E-state index contributed by atoms with van der Waals surface area (Å²) in [4.78, 5) is 11.9. The van der Waals surface area contributed by atoms with Crippen LogP contribution in [0.15, 0.2) is 47.2 Å². The Morgan fingerprint density at radius 2 is 1.97 bits per heavy atom. The van der Waals surface area contributed by atoms with Gasteiger partial charge in [0.25, 0.3) is 0 Å². The van der Waals surface area contributed by atoms with E-state index < -0.39 is 0 Å². The summed E-state index contributed by atoms with van der Waals surface area (Å²) >= 11 is 0. The van der Waals surface area contributed by atoms with E-state index in [4.69, 9.17) is 14.6 Å². The predicted octanol–water partition coefficient (Wildman–Crippen LogP) is 4.14. The average molecular weight is 386 g/mol. The van der Waals surface area contributed by atoms with Gasteiger partial charge in [-0.05, 0) is 55.9 Å². The van der Waals surface area contributed by atoms with Gasteiger partial charge in [-0.3, -0.25) is 0 Å². The number of rotatable bonds is 3. The van der Waals surface area contributed by atoms with Crippen molar-refractivity contribution in [1.29, 1.82) is 0 Å². The van der Waals surface area contributed by atoms with Crippen LogP contribution in [0.4, 0.5) is 5.82 Å². The molecule has 6 rings (SSSR count). The molecule has 1 aliphatic heterocycles. The Hall–Kier alpha value is -3.22. The third kappa shape index (κ3) is 2.64. The zero-order valence-corrected chi connectivity index (χ0v) is 16.4. The van der Waals surface area contributed by atoms with Crippen molar-refractivity contribution in [1.82, 2.24) is 24.7 Å². The first kappa shape index (κ1) is 16.7. The summed E-state index contributed by atoms with van der Waals surface area (Å²) in [6.07, 6.45) is 8.94. The van der Waals surface area contributed by atoms with Gasteiger partial charge >= 0.3 is 0 Å². The minimum absolute atomic E-state index is 0.550. The Labute approximate surface area is 168 Å². The maximum absolute atomic E-state index is 5.20. The van der Waals surface area contributed by atoms with E-state index in [0.29, 0.717) is 5.41 Å². The third-order valence-electron chi connectivity index (χ3n) is 6.56. The lowest BCUT2D eigenvalue weighted by Crippen LogP contribution is -2.33. The number of imidazole rings is 1. The van der Waals surface area contributed by atoms with Crippen molar-refractivity contribution in [3.05, 3.63) is 48.5 Å². The molecule has 4 aromatic rings. The van der Waals surface area contributed by atoms with Crippen LogP contribution in [0.25, 0.3) is 28.3 Å². The minimum atomic E-state index is 0.550. The zero-order chi connectivity index (χ0) is 19.4. The molecule has 4 aromatic heterocycles. The van der Waals surface area contributed by atoms with E-state index in [0.717, 1.165) is 53.0 Å². The molecule has 0 amide bonds. The smallest absolute Gasteiger partial charge is 0.154 e. The molecule has 7 nitrogen and oxygen atoms in total. The Morgan fingerprint density at radius 1 is 1.03 bits per heavy atom. The second-order valence-corrected chi connectivity index (χ2v) is 8.33. The second-order valence-electron chi connectivity index (χ2n) is 8.33. The monoisotopic (exact) mass is 386 g/mol. The molecule has 1 saturated heterocycles. The number of pyridine rings is 1. The van der Waals surface area contributed by atoms with Crippen molar-refractivity contribution in [2.45, 2.75) is 32.6 Å². The van der Waals surface area contributed by atoms with E-state index in [2.05, 4.69) is 27.2 Å². The highest BCUT2D eigenvalue weighted by Gasteiger charge is 2.43.